The first kappa shape index (κ1) is 20.6. The quantitative estimate of drug-likeness (QED) is 0.330. The van der Waals surface area contributed by atoms with Crippen LogP contribution in [0.4, 0.5) is 10.2 Å². The van der Waals surface area contributed by atoms with E-state index in [4.69, 9.17) is 31.9 Å². The Morgan fingerprint density at radius 3 is 2.63 bits per heavy atom. The van der Waals surface area contributed by atoms with Crippen LogP contribution in [0.5, 0.6) is 0 Å². The molecule has 1 aromatic heterocycles. The van der Waals surface area contributed by atoms with Crippen LogP contribution in [0.15, 0.2) is 48.0 Å². The SMILES string of the molecule is CC(=N)OC(=N)c1ccc(N2CCC(OC=CC(F)=CC=CCl)CC2)nn1. The fraction of sp³-hybridized carbons (Fsp3) is 0.333. The zero-order valence-electron chi connectivity index (χ0n) is 14.9. The highest BCUT2D eigenvalue weighted by molar-refractivity contribution is 6.25. The van der Waals surface area contributed by atoms with Crippen LogP contribution in [0, 0.1) is 10.8 Å². The fourth-order valence-corrected chi connectivity index (χ4v) is 2.51. The summed E-state index contributed by atoms with van der Waals surface area (Å²) in [7, 11) is 0. The van der Waals surface area contributed by atoms with E-state index in [9.17, 15) is 4.39 Å². The Morgan fingerprint density at radius 1 is 1.30 bits per heavy atom. The number of rotatable bonds is 6. The van der Waals surface area contributed by atoms with Crippen LogP contribution in [-0.2, 0) is 9.47 Å². The molecule has 1 saturated heterocycles. The van der Waals surface area contributed by atoms with Crippen molar-refractivity contribution >= 4 is 29.2 Å². The molecular formula is C18H21ClFN5O2. The zero-order valence-corrected chi connectivity index (χ0v) is 15.6. The second-order valence-electron chi connectivity index (χ2n) is 5.76. The predicted octanol–water partition coefficient (Wildman–Crippen LogP) is 3.92. The van der Waals surface area contributed by atoms with Crippen LogP contribution in [-0.4, -0.2) is 41.2 Å². The molecule has 1 aliphatic heterocycles. The largest absolute Gasteiger partial charge is 0.498 e. The highest BCUT2D eigenvalue weighted by atomic mass is 35.5. The summed E-state index contributed by atoms with van der Waals surface area (Å²) in [6.45, 7) is 2.90. The normalized spacial score (nSPS) is 16.1. The van der Waals surface area contributed by atoms with E-state index < -0.39 is 5.83 Å². The topological polar surface area (TPSA) is 95.2 Å². The first-order chi connectivity index (χ1) is 13.0. The molecule has 1 aliphatic rings. The summed E-state index contributed by atoms with van der Waals surface area (Å²) in [6.07, 6.45) is 6.80. The minimum Gasteiger partial charge on any atom is -0.498 e. The number of halogens is 2. The summed E-state index contributed by atoms with van der Waals surface area (Å²) in [5.74, 6) is -0.0161. The molecule has 144 valence electrons. The van der Waals surface area contributed by atoms with Crippen molar-refractivity contribution in [2.75, 3.05) is 18.0 Å². The number of piperidine rings is 1. The van der Waals surface area contributed by atoms with Crippen molar-refractivity contribution in [2.45, 2.75) is 25.9 Å². The standard InChI is InChI=1S/C18H21ClFN5O2/c1-13(21)27-18(22)16-4-5-17(24-23-16)25-10-6-15(7-11-25)26-12-8-14(20)3-2-9-19/h2-5,8-9,12,15,21-22H,6-7,10-11H2,1H3. The summed E-state index contributed by atoms with van der Waals surface area (Å²) in [6, 6.07) is 3.41. The number of nitrogens with zero attached hydrogens (tertiary/aromatic N) is 3. The summed E-state index contributed by atoms with van der Waals surface area (Å²) < 4.78 is 23.8. The van der Waals surface area contributed by atoms with Gasteiger partial charge in [-0.25, -0.2) is 4.39 Å². The van der Waals surface area contributed by atoms with Gasteiger partial charge in [-0.2, -0.15) is 0 Å². The van der Waals surface area contributed by atoms with Gasteiger partial charge in [-0.3, -0.25) is 10.8 Å². The van der Waals surface area contributed by atoms with Gasteiger partial charge in [0, 0.05) is 44.5 Å². The Labute approximate surface area is 162 Å². The van der Waals surface area contributed by atoms with Crippen molar-refractivity contribution in [2.24, 2.45) is 0 Å². The lowest BCUT2D eigenvalue weighted by Crippen LogP contribution is -2.37. The van der Waals surface area contributed by atoms with E-state index in [1.807, 2.05) is 0 Å². The van der Waals surface area contributed by atoms with E-state index in [0.717, 1.165) is 25.9 Å². The molecule has 0 radical (unpaired) electrons. The van der Waals surface area contributed by atoms with Crippen LogP contribution in [0.25, 0.3) is 0 Å². The van der Waals surface area contributed by atoms with E-state index in [-0.39, 0.29) is 23.6 Å². The third-order valence-electron chi connectivity index (χ3n) is 3.73. The van der Waals surface area contributed by atoms with E-state index in [1.165, 1.54) is 36.9 Å². The number of allylic oxidation sites excluding steroid dienone is 4. The molecular weight excluding hydrogens is 373 g/mol. The van der Waals surface area contributed by atoms with Crippen molar-refractivity contribution in [3.8, 4) is 0 Å². The molecule has 0 aliphatic carbocycles. The van der Waals surface area contributed by atoms with Gasteiger partial charge in [0.05, 0.1) is 6.26 Å². The highest BCUT2D eigenvalue weighted by Crippen LogP contribution is 2.19. The lowest BCUT2D eigenvalue weighted by molar-refractivity contribution is 0.118. The summed E-state index contributed by atoms with van der Waals surface area (Å²) >= 11 is 5.32. The van der Waals surface area contributed by atoms with Crippen LogP contribution in [0.2, 0.25) is 0 Å². The molecule has 1 fully saturated rings. The molecule has 2 N–H and O–H groups in total. The first-order valence-electron chi connectivity index (χ1n) is 8.34. The number of anilines is 1. The number of aromatic nitrogens is 2. The lowest BCUT2D eigenvalue weighted by atomic mass is 10.1. The van der Waals surface area contributed by atoms with E-state index >= 15 is 0 Å². The Bertz CT molecular complexity index is 741. The molecule has 0 unspecified atom stereocenters. The molecule has 0 atom stereocenters. The first-order valence-corrected chi connectivity index (χ1v) is 8.78. The van der Waals surface area contributed by atoms with Gasteiger partial charge in [0.15, 0.2) is 11.7 Å². The molecule has 27 heavy (non-hydrogen) atoms. The van der Waals surface area contributed by atoms with Crippen molar-refractivity contribution in [3.05, 3.63) is 53.7 Å². The van der Waals surface area contributed by atoms with Crippen LogP contribution in [0.1, 0.15) is 25.5 Å². The molecule has 0 amide bonds. The Hall–Kier alpha value is -2.74. The van der Waals surface area contributed by atoms with Crippen LogP contribution >= 0.6 is 11.6 Å². The van der Waals surface area contributed by atoms with Gasteiger partial charge in [0.2, 0.25) is 5.90 Å². The number of nitrogens with one attached hydrogen (secondary N) is 2. The van der Waals surface area contributed by atoms with Gasteiger partial charge < -0.3 is 14.4 Å². The van der Waals surface area contributed by atoms with E-state index in [1.54, 1.807) is 12.1 Å². The van der Waals surface area contributed by atoms with Gasteiger partial charge in [-0.1, -0.05) is 11.6 Å². The van der Waals surface area contributed by atoms with Gasteiger partial charge in [0.1, 0.15) is 17.6 Å². The molecule has 2 rings (SSSR count). The average Bonchev–Trinajstić information content (AvgIpc) is 2.66. The molecule has 2 heterocycles. The van der Waals surface area contributed by atoms with Gasteiger partial charge in [-0.15, -0.1) is 10.2 Å². The minimum absolute atomic E-state index is 0.0123. The molecule has 0 aromatic carbocycles. The van der Waals surface area contributed by atoms with Crippen molar-refractivity contribution in [1.29, 1.82) is 10.8 Å². The maximum atomic E-state index is 13.3. The summed E-state index contributed by atoms with van der Waals surface area (Å²) in [4.78, 5) is 2.07. The third kappa shape index (κ3) is 6.82. The van der Waals surface area contributed by atoms with Gasteiger partial charge >= 0.3 is 0 Å². The van der Waals surface area contributed by atoms with Crippen LogP contribution in [0.3, 0.4) is 0 Å². The molecule has 1 aromatic rings. The molecule has 0 saturated carbocycles. The Balaban J connectivity index is 1.82. The third-order valence-corrected chi connectivity index (χ3v) is 3.88. The maximum Gasteiger partial charge on any atom is 0.241 e. The van der Waals surface area contributed by atoms with E-state index in [2.05, 4.69) is 15.1 Å². The predicted molar refractivity (Wildman–Crippen MR) is 103 cm³/mol. The van der Waals surface area contributed by atoms with Crippen LogP contribution < -0.4 is 4.90 Å². The second-order valence-corrected chi connectivity index (χ2v) is 6.01. The average molecular weight is 394 g/mol. The zero-order chi connectivity index (χ0) is 19.6. The van der Waals surface area contributed by atoms with Gasteiger partial charge in [-0.05, 0) is 24.3 Å². The summed E-state index contributed by atoms with van der Waals surface area (Å²) in [5.41, 5.74) is 1.50. The van der Waals surface area contributed by atoms with E-state index in [0.29, 0.717) is 5.82 Å². The maximum absolute atomic E-state index is 13.3. The monoisotopic (exact) mass is 393 g/mol. The highest BCUT2D eigenvalue weighted by Gasteiger charge is 2.21. The molecule has 0 spiro atoms. The number of ether oxygens (including phenoxy) is 2. The van der Waals surface area contributed by atoms with Gasteiger partial charge in [0.25, 0.3) is 0 Å². The molecule has 7 nitrogen and oxygen atoms in total. The number of hydrogen-bond donors (Lipinski definition) is 2. The molecule has 0 bridgehead atoms. The Morgan fingerprint density at radius 2 is 2.04 bits per heavy atom. The second kappa shape index (κ2) is 10.4. The smallest absolute Gasteiger partial charge is 0.241 e. The minimum atomic E-state index is -0.438. The van der Waals surface area contributed by atoms with Crippen molar-refractivity contribution < 1.29 is 13.9 Å². The lowest BCUT2D eigenvalue weighted by Gasteiger charge is -2.31. The molecule has 9 heteroatoms. The van der Waals surface area contributed by atoms with Crippen molar-refractivity contribution in [1.82, 2.24) is 10.2 Å². The Kier molecular flexibility index (Phi) is 7.94. The fourth-order valence-electron chi connectivity index (χ4n) is 2.44. The van der Waals surface area contributed by atoms with Crippen molar-refractivity contribution in [3.63, 3.8) is 0 Å². The summed E-state index contributed by atoms with van der Waals surface area (Å²) in [5, 5.41) is 23.0. The number of hydrogen-bond acceptors (Lipinski definition) is 7.